The smallest absolute Gasteiger partial charge is 0.356 e. The number of rotatable bonds is 5. The maximum atomic E-state index is 11.2. The van der Waals surface area contributed by atoms with E-state index in [0.717, 1.165) is 11.4 Å². The maximum Gasteiger partial charge on any atom is 0.356 e. The van der Waals surface area contributed by atoms with Gasteiger partial charge in [-0.2, -0.15) is 5.10 Å². The molecule has 0 aliphatic carbocycles. The molecular weight excluding hydrogens is 268 g/mol. The lowest BCUT2D eigenvalue weighted by molar-refractivity contribution is 0.0690. The number of aromatic nitrogens is 2. The fourth-order valence-electron chi connectivity index (χ4n) is 2.09. The molecule has 1 aromatic carbocycles. The molecule has 0 amide bonds. The van der Waals surface area contributed by atoms with Crippen LogP contribution in [0.25, 0.3) is 5.69 Å². The molecule has 0 bridgehead atoms. The highest BCUT2D eigenvalue weighted by molar-refractivity contribution is 5.85. The first-order valence-electron chi connectivity index (χ1n) is 6.99. The molecule has 0 aliphatic rings. The number of benzene rings is 1. The molecule has 5 nitrogen and oxygen atoms in total. The molecule has 1 heterocycles. The van der Waals surface area contributed by atoms with E-state index in [2.05, 4.69) is 5.10 Å². The molecule has 0 radical (unpaired) electrons. The number of carboxylic acids is 1. The summed E-state index contributed by atoms with van der Waals surface area (Å²) >= 11 is 0. The lowest BCUT2D eigenvalue weighted by atomic mass is 10.1. The van der Waals surface area contributed by atoms with E-state index in [-0.39, 0.29) is 17.7 Å². The summed E-state index contributed by atoms with van der Waals surface area (Å²) in [5.74, 6) is -0.190. The van der Waals surface area contributed by atoms with Crippen LogP contribution >= 0.6 is 0 Å². The molecule has 0 saturated carbocycles. The normalized spacial score (nSPS) is 11.1. The quantitative estimate of drug-likeness (QED) is 0.914. The number of aromatic carboxylic acids is 1. The molecule has 1 N–H and O–H groups in total. The largest absolute Gasteiger partial charge is 0.489 e. The Bertz CT molecular complexity index is 645. The van der Waals surface area contributed by atoms with Gasteiger partial charge in [0.2, 0.25) is 0 Å². The van der Waals surface area contributed by atoms with Gasteiger partial charge in [0, 0.05) is 5.69 Å². The van der Waals surface area contributed by atoms with Gasteiger partial charge in [-0.1, -0.05) is 26.0 Å². The number of hydrogen-bond acceptors (Lipinski definition) is 3. The van der Waals surface area contributed by atoms with Crippen molar-refractivity contribution in [2.24, 2.45) is 0 Å². The first-order chi connectivity index (χ1) is 9.90. The van der Waals surface area contributed by atoms with Crippen LogP contribution in [0.15, 0.2) is 30.3 Å². The van der Waals surface area contributed by atoms with E-state index in [1.807, 2.05) is 52.0 Å². The number of ether oxygens (including phenoxy) is 1. The van der Waals surface area contributed by atoms with Gasteiger partial charge in [0.1, 0.15) is 11.4 Å². The number of nitrogens with zero attached hydrogens (tertiary/aromatic N) is 2. The summed E-state index contributed by atoms with van der Waals surface area (Å²) in [5, 5.41) is 13.4. The molecule has 1 aromatic heterocycles. The lowest BCUT2D eigenvalue weighted by Gasteiger charge is -2.16. The fourth-order valence-corrected chi connectivity index (χ4v) is 2.09. The minimum absolute atomic E-state index is 0.0307. The van der Waals surface area contributed by atoms with Crippen LogP contribution in [0.2, 0.25) is 0 Å². The van der Waals surface area contributed by atoms with Crippen molar-refractivity contribution in [2.75, 3.05) is 0 Å². The van der Waals surface area contributed by atoms with Crippen molar-refractivity contribution in [1.82, 2.24) is 9.78 Å². The van der Waals surface area contributed by atoms with E-state index >= 15 is 0 Å². The summed E-state index contributed by atoms with van der Waals surface area (Å²) in [6.45, 7) is 7.91. The van der Waals surface area contributed by atoms with Crippen LogP contribution in [-0.2, 0) is 0 Å². The highest BCUT2D eigenvalue weighted by Gasteiger charge is 2.19. The summed E-state index contributed by atoms with van der Waals surface area (Å²) in [4.78, 5) is 11.2. The SMILES string of the molecule is CC(C)Oc1ccccc1-n1nc(C(=O)O)cc1C(C)C. The Hall–Kier alpha value is -2.30. The average molecular weight is 288 g/mol. The number of para-hydroxylation sites is 2. The molecule has 5 heteroatoms. The Morgan fingerprint density at radius 1 is 1.24 bits per heavy atom. The van der Waals surface area contributed by atoms with Crippen LogP contribution in [-0.4, -0.2) is 27.0 Å². The van der Waals surface area contributed by atoms with Crippen LogP contribution < -0.4 is 4.74 Å². The molecule has 0 unspecified atom stereocenters. The number of hydrogen-bond donors (Lipinski definition) is 1. The fraction of sp³-hybridized carbons (Fsp3) is 0.375. The third kappa shape index (κ3) is 3.24. The van der Waals surface area contributed by atoms with Crippen molar-refractivity contribution in [3.8, 4) is 11.4 Å². The molecule has 21 heavy (non-hydrogen) atoms. The maximum absolute atomic E-state index is 11.2. The van der Waals surface area contributed by atoms with Crippen LogP contribution in [0.5, 0.6) is 5.75 Å². The second kappa shape index (κ2) is 5.99. The topological polar surface area (TPSA) is 64.4 Å². The molecule has 2 aromatic rings. The Morgan fingerprint density at radius 2 is 1.90 bits per heavy atom. The lowest BCUT2D eigenvalue weighted by Crippen LogP contribution is -2.11. The van der Waals surface area contributed by atoms with Gasteiger partial charge in [0.15, 0.2) is 5.69 Å². The molecule has 2 rings (SSSR count). The monoisotopic (exact) mass is 288 g/mol. The highest BCUT2D eigenvalue weighted by atomic mass is 16.5. The third-order valence-corrected chi connectivity index (χ3v) is 3.00. The molecule has 112 valence electrons. The molecule has 0 saturated heterocycles. The van der Waals surface area contributed by atoms with Gasteiger partial charge in [-0.25, -0.2) is 9.48 Å². The van der Waals surface area contributed by atoms with Crippen molar-refractivity contribution in [3.63, 3.8) is 0 Å². The second-order valence-electron chi connectivity index (χ2n) is 5.46. The van der Waals surface area contributed by atoms with Gasteiger partial charge in [0.05, 0.1) is 6.10 Å². The predicted octanol–water partition coefficient (Wildman–Crippen LogP) is 3.48. The van der Waals surface area contributed by atoms with E-state index in [1.54, 1.807) is 10.7 Å². The van der Waals surface area contributed by atoms with Crippen LogP contribution in [0, 0.1) is 0 Å². The van der Waals surface area contributed by atoms with E-state index in [1.165, 1.54) is 0 Å². The average Bonchev–Trinajstić information content (AvgIpc) is 2.84. The second-order valence-corrected chi connectivity index (χ2v) is 5.46. The van der Waals surface area contributed by atoms with Gasteiger partial charge < -0.3 is 9.84 Å². The first-order valence-corrected chi connectivity index (χ1v) is 6.99. The molecule has 0 spiro atoms. The van der Waals surface area contributed by atoms with Crippen LogP contribution in [0.4, 0.5) is 0 Å². The van der Waals surface area contributed by atoms with Crippen molar-refractivity contribution in [3.05, 3.63) is 41.7 Å². The summed E-state index contributed by atoms with van der Waals surface area (Å²) in [6.07, 6.45) is 0.0307. The predicted molar refractivity (Wildman–Crippen MR) is 80.4 cm³/mol. The van der Waals surface area contributed by atoms with Crippen LogP contribution in [0.1, 0.15) is 49.8 Å². The third-order valence-electron chi connectivity index (χ3n) is 3.00. The molecule has 0 aliphatic heterocycles. The zero-order valence-electron chi connectivity index (χ0n) is 12.7. The zero-order chi connectivity index (χ0) is 15.6. The van der Waals surface area contributed by atoms with Crippen LogP contribution in [0.3, 0.4) is 0 Å². The van der Waals surface area contributed by atoms with Crippen molar-refractivity contribution in [1.29, 1.82) is 0 Å². The van der Waals surface area contributed by atoms with Gasteiger partial charge in [0.25, 0.3) is 0 Å². The summed E-state index contributed by atoms with van der Waals surface area (Å²) < 4.78 is 7.45. The molecule has 0 fully saturated rings. The highest BCUT2D eigenvalue weighted by Crippen LogP contribution is 2.27. The van der Waals surface area contributed by atoms with Crippen molar-refractivity contribution >= 4 is 5.97 Å². The standard InChI is InChI=1S/C16H20N2O3/c1-10(2)14-9-12(16(19)20)17-18(14)13-7-5-6-8-15(13)21-11(3)4/h5-11H,1-4H3,(H,19,20). The van der Waals surface area contributed by atoms with E-state index in [4.69, 9.17) is 9.84 Å². The molecule has 0 atom stereocenters. The van der Waals surface area contributed by atoms with Gasteiger partial charge >= 0.3 is 5.97 Å². The van der Waals surface area contributed by atoms with Gasteiger partial charge in [-0.3, -0.25) is 0 Å². The van der Waals surface area contributed by atoms with Gasteiger partial charge in [-0.15, -0.1) is 0 Å². The summed E-state index contributed by atoms with van der Waals surface area (Å²) in [7, 11) is 0. The Labute approximate surface area is 124 Å². The van der Waals surface area contributed by atoms with Crippen molar-refractivity contribution < 1.29 is 14.6 Å². The van der Waals surface area contributed by atoms with E-state index in [0.29, 0.717) is 5.75 Å². The summed E-state index contributed by atoms with van der Waals surface area (Å²) in [5.41, 5.74) is 1.63. The van der Waals surface area contributed by atoms with E-state index in [9.17, 15) is 4.79 Å². The Kier molecular flexibility index (Phi) is 4.31. The van der Waals surface area contributed by atoms with Gasteiger partial charge in [-0.05, 0) is 38.0 Å². The van der Waals surface area contributed by atoms with Crippen molar-refractivity contribution in [2.45, 2.75) is 39.7 Å². The van der Waals surface area contributed by atoms with E-state index < -0.39 is 5.97 Å². The Balaban J connectivity index is 2.58. The first kappa shape index (κ1) is 15.1. The molecular formula is C16H20N2O3. The zero-order valence-corrected chi connectivity index (χ0v) is 12.7. The number of carboxylic acid groups (broad SMARTS) is 1. The Morgan fingerprint density at radius 3 is 2.48 bits per heavy atom. The minimum atomic E-state index is -1.03. The summed E-state index contributed by atoms with van der Waals surface area (Å²) in [6, 6.07) is 9.12. The minimum Gasteiger partial charge on any atom is -0.489 e. The number of carbonyl (C=O) groups is 1.